The van der Waals surface area contributed by atoms with Gasteiger partial charge in [-0.25, -0.2) is 9.36 Å². The molecular formula is C22H24N3O4S2+. The number of hydrogen-bond donors (Lipinski definition) is 2. The number of aromatic nitrogens is 2. The summed E-state index contributed by atoms with van der Waals surface area (Å²) in [6.07, 6.45) is -0.790. The van der Waals surface area contributed by atoms with Crippen molar-refractivity contribution in [2.45, 2.75) is 38.7 Å². The normalized spacial score (nSPS) is 24.2. The number of thioether (sulfide) groups is 1. The zero-order chi connectivity index (χ0) is 22.2. The van der Waals surface area contributed by atoms with Crippen LogP contribution in [-0.4, -0.2) is 43.5 Å². The maximum Gasteiger partial charge on any atom is 0.353 e. The van der Waals surface area contributed by atoms with Crippen molar-refractivity contribution >= 4 is 51.0 Å². The molecular weight excluding hydrogens is 434 g/mol. The van der Waals surface area contributed by atoms with Gasteiger partial charge in [0.2, 0.25) is 5.91 Å². The second-order valence-electron chi connectivity index (χ2n) is 8.46. The molecule has 1 amide bonds. The molecule has 4 atom stereocenters. The third-order valence-corrected chi connectivity index (χ3v) is 8.86. The molecule has 0 radical (unpaired) electrons. The van der Waals surface area contributed by atoms with Crippen LogP contribution < -0.4 is 4.57 Å². The van der Waals surface area contributed by atoms with Gasteiger partial charge in [0, 0.05) is 16.2 Å². The first kappa shape index (κ1) is 20.5. The second-order valence-corrected chi connectivity index (χ2v) is 10.3. The van der Waals surface area contributed by atoms with Crippen molar-refractivity contribution in [3.8, 4) is 0 Å². The zero-order valence-electron chi connectivity index (χ0n) is 17.7. The summed E-state index contributed by atoms with van der Waals surface area (Å²) in [6, 6.07) is 6.11. The quantitative estimate of drug-likeness (QED) is 0.454. The number of aliphatic hydroxyl groups excluding tert-OH is 1. The number of thiazole rings is 1. The Morgan fingerprint density at radius 3 is 2.81 bits per heavy atom. The van der Waals surface area contributed by atoms with Gasteiger partial charge in [0.1, 0.15) is 11.4 Å². The summed E-state index contributed by atoms with van der Waals surface area (Å²) in [5.74, 6) is -1.44. The molecule has 162 valence electrons. The minimum Gasteiger partial charge on any atom is -0.477 e. The summed E-state index contributed by atoms with van der Waals surface area (Å²) in [5.41, 5.74) is 4.66. The van der Waals surface area contributed by atoms with Crippen LogP contribution in [0.2, 0.25) is 0 Å². The molecule has 0 bridgehead atoms. The number of hydrogen-bond acceptors (Lipinski definition) is 5. The summed E-state index contributed by atoms with van der Waals surface area (Å²) in [5, 5.41) is 22.0. The average Bonchev–Trinajstić information content (AvgIpc) is 3.31. The van der Waals surface area contributed by atoms with Gasteiger partial charge in [-0.05, 0) is 31.5 Å². The number of fused-ring (bicyclic) bond motifs is 4. The molecule has 1 saturated heterocycles. The van der Waals surface area contributed by atoms with E-state index < -0.39 is 18.0 Å². The van der Waals surface area contributed by atoms with E-state index in [2.05, 4.69) is 46.5 Å². The lowest BCUT2D eigenvalue weighted by molar-refractivity contribution is -0.616. The number of rotatable bonds is 5. The lowest BCUT2D eigenvalue weighted by Crippen LogP contribution is -2.63. The van der Waals surface area contributed by atoms with E-state index in [1.807, 2.05) is 6.92 Å². The number of amides is 1. The maximum atomic E-state index is 12.5. The number of aliphatic hydroxyl groups is 1. The number of carboxylic acids is 1. The van der Waals surface area contributed by atoms with Gasteiger partial charge in [-0.15, -0.1) is 11.8 Å². The highest BCUT2D eigenvalue weighted by Crippen LogP contribution is 2.51. The highest BCUT2D eigenvalue weighted by Gasteiger charge is 2.60. The van der Waals surface area contributed by atoms with E-state index in [1.54, 1.807) is 18.3 Å². The van der Waals surface area contributed by atoms with E-state index in [0.29, 0.717) is 10.7 Å². The van der Waals surface area contributed by atoms with E-state index in [-0.39, 0.29) is 23.6 Å². The molecule has 7 nitrogen and oxygen atoms in total. The number of benzene rings is 1. The van der Waals surface area contributed by atoms with Crippen molar-refractivity contribution < 1.29 is 24.4 Å². The number of carbonyl (C=O) groups excluding carboxylic acids is 1. The van der Waals surface area contributed by atoms with Crippen molar-refractivity contribution in [3.05, 3.63) is 45.4 Å². The molecule has 1 aromatic carbocycles. The van der Waals surface area contributed by atoms with Crippen molar-refractivity contribution in [2.24, 2.45) is 18.9 Å². The summed E-state index contributed by atoms with van der Waals surface area (Å²) in [6.45, 7) is 5.63. The molecule has 0 spiro atoms. The van der Waals surface area contributed by atoms with Crippen molar-refractivity contribution in [1.29, 1.82) is 0 Å². The van der Waals surface area contributed by atoms with E-state index in [9.17, 15) is 19.8 Å². The van der Waals surface area contributed by atoms with Crippen LogP contribution >= 0.6 is 23.1 Å². The van der Waals surface area contributed by atoms with E-state index >= 15 is 0 Å². The number of nitrogens with zero attached hydrogens (tertiary/aromatic N) is 3. The summed E-state index contributed by atoms with van der Waals surface area (Å²) in [7, 11) is 2.06. The standard InChI is InChI=1S/C22H23N3O4S2/c1-10-5-6-14-15(7-10)23(4)22-24(14)13(9-31-22)8-30-19-11(2)17-16(12(3)26)20(27)25(17)18(19)21(28)29/h5-7,9,11-12,16-17,26H,8H2,1-4H3/p+1/t11-,12-,16-,17-/m1/s1. The minimum atomic E-state index is -1.09. The predicted molar refractivity (Wildman–Crippen MR) is 120 cm³/mol. The van der Waals surface area contributed by atoms with Crippen LogP contribution in [0.1, 0.15) is 25.1 Å². The number of carboxylic acid groups (broad SMARTS) is 1. The number of β-lactam (4-membered cyclic amide) rings is 1. The molecule has 4 heterocycles. The fourth-order valence-corrected chi connectivity index (χ4v) is 7.35. The Balaban J connectivity index is 1.51. The van der Waals surface area contributed by atoms with Crippen LogP contribution in [0.3, 0.4) is 0 Å². The SMILES string of the molecule is Cc1ccc2c(c1)[n+](C)c1scc(CSC3=C(C(=O)O)N4C(=O)[C@H]([C@@H](C)O)[C@H]4[C@H]3C)n21. The van der Waals surface area contributed by atoms with E-state index in [1.165, 1.54) is 22.2 Å². The van der Waals surface area contributed by atoms with E-state index in [4.69, 9.17) is 0 Å². The van der Waals surface area contributed by atoms with Gasteiger partial charge in [-0.3, -0.25) is 4.79 Å². The lowest BCUT2D eigenvalue weighted by Gasteiger charge is -2.46. The van der Waals surface area contributed by atoms with Gasteiger partial charge in [0.05, 0.1) is 30.9 Å². The first-order valence-corrected chi connectivity index (χ1v) is 12.1. The lowest BCUT2D eigenvalue weighted by atomic mass is 9.79. The Kier molecular flexibility index (Phi) is 4.69. The van der Waals surface area contributed by atoms with Crippen LogP contribution in [0.5, 0.6) is 0 Å². The molecule has 31 heavy (non-hydrogen) atoms. The van der Waals surface area contributed by atoms with Crippen molar-refractivity contribution in [1.82, 2.24) is 9.30 Å². The smallest absolute Gasteiger partial charge is 0.353 e. The molecule has 5 rings (SSSR count). The van der Waals surface area contributed by atoms with Gasteiger partial charge in [-0.2, -0.15) is 4.40 Å². The summed E-state index contributed by atoms with van der Waals surface area (Å²) in [4.78, 5) is 27.8. The largest absolute Gasteiger partial charge is 0.477 e. The Hall–Kier alpha value is -2.36. The highest BCUT2D eigenvalue weighted by molar-refractivity contribution is 8.02. The summed E-state index contributed by atoms with van der Waals surface area (Å²) < 4.78 is 4.41. The van der Waals surface area contributed by atoms with Crippen molar-refractivity contribution in [3.63, 3.8) is 0 Å². The topological polar surface area (TPSA) is 86.1 Å². The Labute approximate surface area is 187 Å². The third kappa shape index (κ3) is 2.79. The molecule has 0 saturated carbocycles. The average molecular weight is 459 g/mol. The maximum absolute atomic E-state index is 12.5. The van der Waals surface area contributed by atoms with Gasteiger partial charge in [-0.1, -0.05) is 24.3 Å². The fourth-order valence-electron chi connectivity index (χ4n) is 5.00. The van der Waals surface area contributed by atoms with Crippen LogP contribution in [0.15, 0.2) is 34.2 Å². The molecule has 3 aromatic rings. The fraction of sp³-hybridized carbons (Fsp3) is 0.409. The zero-order valence-corrected chi connectivity index (χ0v) is 19.3. The third-order valence-electron chi connectivity index (χ3n) is 6.49. The molecule has 2 aliphatic rings. The number of aryl methyl sites for hydroxylation is 2. The molecule has 9 heteroatoms. The molecule has 0 unspecified atom stereocenters. The van der Waals surface area contributed by atoms with Crippen molar-refractivity contribution in [2.75, 3.05) is 0 Å². The van der Waals surface area contributed by atoms with Gasteiger partial charge in [0.15, 0.2) is 11.0 Å². The van der Waals surface area contributed by atoms with E-state index in [0.717, 1.165) is 21.7 Å². The first-order chi connectivity index (χ1) is 14.7. The van der Waals surface area contributed by atoms with Crippen LogP contribution in [0.25, 0.3) is 16.0 Å². The first-order valence-electron chi connectivity index (χ1n) is 10.2. The number of carbonyl (C=O) groups is 2. The van der Waals surface area contributed by atoms with Gasteiger partial charge < -0.3 is 15.1 Å². The van der Waals surface area contributed by atoms with Crippen LogP contribution in [-0.2, 0) is 22.4 Å². The second kappa shape index (κ2) is 7.08. The molecule has 0 aliphatic carbocycles. The molecule has 2 aliphatic heterocycles. The molecule has 2 aromatic heterocycles. The summed E-state index contributed by atoms with van der Waals surface area (Å²) >= 11 is 3.15. The number of imidazole rings is 1. The van der Waals surface area contributed by atoms with Crippen LogP contribution in [0, 0.1) is 18.8 Å². The van der Waals surface area contributed by atoms with Gasteiger partial charge in [0.25, 0.3) is 0 Å². The van der Waals surface area contributed by atoms with Crippen LogP contribution in [0.4, 0.5) is 0 Å². The highest BCUT2D eigenvalue weighted by atomic mass is 32.2. The Bertz CT molecular complexity index is 1290. The predicted octanol–water partition coefficient (Wildman–Crippen LogP) is 2.67. The Morgan fingerprint density at radius 1 is 1.39 bits per heavy atom. The monoisotopic (exact) mass is 458 g/mol. The minimum absolute atomic E-state index is 0.0782. The number of aliphatic carboxylic acids is 1. The Morgan fingerprint density at radius 2 is 2.13 bits per heavy atom. The van der Waals surface area contributed by atoms with Gasteiger partial charge >= 0.3 is 10.9 Å². The molecule has 1 fully saturated rings. The molecule has 2 N–H and O–H groups in total.